The molecule has 1 aromatic carbocycles. The highest BCUT2D eigenvalue weighted by molar-refractivity contribution is 7.99. The van der Waals surface area contributed by atoms with Gasteiger partial charge in [-0.25, -0.2) is 0 Å². The van der Waals surface area contributed by atoms with Crippen molar-refractivity contribution in [2.45, 2.75) is 56.9 Å². The maximum Gasteiger partial charge on any atom is 0.251 e. The van der Waals surface area contributed by atoms with Crippen molar-refractivity contribution >= 4 is 46.8 Å². The van der Waals surface area contributed by atoms with Gasteiger partial charge in [-0.15, -0.1) is 16.8 Å². The number of rotatable bonds is 9. The molecular formula is C22H27Cl2N5O2S. The minimum Gasteiger partial charge on any atom is -0.352 e. The van der Waals surface area contributed by atoms with E-state index in [1.54, 1.807) is 18.2 Å². The molecule has 0 aliphatic heterocycles. The molecule has 0 saturated heterocycles. The van der Waals surface area contributed by atoms with Crippen LogP contribution in [0.2, 0.25) is 10.0 Å². The molecule has 32 heavy (non-hydrogen) atoms. The molecule has 0 unspecified atom stereocenters. The average Bonchev–Trinajstić information content (AvgIpc) is 3.16. The van der Waals surface area contributed by atoms with Crippen molar-refractivity contribution in [3.63, 3.8) is 0 Å². The molecule has 3 rings (SSSR count). The first-order chi connectivity index (χ1) is 15.4. The minimum absolute atomic E-state index is 0.00336. The molecule has 2 aromatic rings. The lowest BCUT2D eigenvalue weighted by molar-refractivity contribution is -0.119. The lowest BCUT2D eigenvalue weighted by Gasteiger charge is -2.29. The van der Waals surface area contributed by atoms with Crippen LogP contribution >= 0.6 is 35.0 Å². The number of benzene rings is 1. The number of allylic oxidation sites excluding steroid dienone is 1. The summed E-state index contributed by atoms with van der Waals surface area (Å²) in [6.07, 6.45) is 6.31. The Morgan fingerprint density at radius 3 is 2.75 bits per heavy atom. The summed E-state index contributed by atoms with van der Waals surface area (Å²) in [6, 6.07) is 4.94. The molecule has 0 radical (unpaired) electrons. The third-order valence-electron chi connectivity index (χ3n) is 5.48. The van der Waals surface area contributed by atoms with Gasteiger partial charge in [0.05, 0.1) is 22.3 Å². The Labute approximate surface area is 202 Å². The number of halogens is 2. The van der Waals surface area contributed by atoms with Gasteiger partial charge in [-0.05, 0) is 37.0 Å². The number of amides is 2. The summed E-state index contributed by atoms with van der Waals surface area (Å²) in [4.78, 5) is 24.9. The van der Waals surface area contributed by atoms with E-state index in [0.29, 0.717) is 39.1 Å². The lowest BCUT2D eigenvalue weighted by Crippen LogP contribution is -2.41. The minimum atomic E-state index is -0.299. The van der Waals surface area contributed by atoms with Gasteiger partial charge >= 0.3 is 0 Å². The Morgan fingerprint density at radius 2 is 2.03 bits per heavy atom. The summed E-state index contributed by atoms with van der Waals surface area (Å²) in [6.45, 7) is 6.61. The first-order valence-corrected chi connectivity index (χ1v) is 12.3. The van der Waals surface area contributed by atoms with E-state index in [9.17, 15) is 9.59 Å². The molecule has 1 heterocycles. The van der Waals surface area contributed by atoms with Crippen molar-refractivity contribution in [1.29, 1.82) is 0 Å². The van der Waals surface area contributed by atoms with Crippen LogP contribution in [0, 0.1) is 5.92 Å². The van der Waals surface area contributed by atoms with Crippen LogP contribution in [0.3, 0.4) is 0 Å². The van der Waals surface area contributed by atoms with E-state index in [2.05, 4.69) is 34.3 Å². The van der Waals surface area contributed by atoms with Gasteiger partial charge in [-0.1, -0.05) is 60.8 Å². The smallest absolute Gasteiger partial charge is 0.251 e. The van der Waals surface area contributed by atoms with E-state index in [0.717, 1.165) is 19.3 Å². The maximum atomic E-state index is 12.4. The average molecular weight is 496 g/mol. The van der Waals surface area contributed by atoms with Gasteiger partial charge in [0.1, 0.15) is 0 Å². The van der Waals surface area contributed by atoms with E-state index in [4.69, 9.17) is 23.2 Å². The fraction of sp³-hybridized carbons (Fsp3) is 0.455. The predicted octanol–water partition coefficient (Wildman–Crippen LogP) is 4.49. The van der Waals surface area contributed by atoms with E-state index < -0.39 is 0 Å². The molecule has 1 aliphatic carbocycles. The summed E-state index contributed by atoms with van der Waals surface area (Å²) in [5.41, 5.74) is 0.400. The van der Waals surface area contributed by atoms with Crippen molar-refractivity contribution < 1.29 is 9.59 Å². The van der Waals surface area contributed by atoms with Crippen LogP contribution in [-0.2, 0) is 17.9 Å². The van der Waals surface area contributed by atoms with Crippen molar-refractivity contribution in [2.24, 2.45) is 5.92 Å². The van der Waals surface area contributed by atoms with E-state index in [1.165, 1.54) is 24.2 Å². The number of carbonyl (C=O) groups is 2. The molecular weight excluding hydrogens is 469 g/mol. The van der Waals surface area contributed by atoms with Crippen LogP contribution in [0.15, 0.2) is 36.0 Å². The van der Waals surface area contributed by atoms with Crippen molar-refractivity contribution in [1.82, 2.24) is 25.4 Å². The number of carbonyl (C=O) groups excluding carboxylic acids is 2. The molecule has 7 nitrogen and oxygen atoms in total. The number of hydrogen-bond acceptors (Lipinski definition) is 5. The highest BCUT2D eigenvalue weighted by atomic mass is 35.5. The number of hydrogen-bond donors (Lipinski definition) is 2. The molecule has 1 aliphatic rings. The Balaban J connectivity index is 1.58. The van der Waals surface area contributed by atoms with Gasteiger partial charge < -0.3 is 15.2 Å². The third kappa shape index (κ3) is 6.49. The zero-order chi connectivity index (χ0) is 23.1. The first-order valence-electron chi connectivity index (χ1n) is 10.6. The topological polar surface area (TPSA) is 88.9 Å². The Bertz CT molecular complexity index is 981. The van der Waals surface area contributed by atoms with Crippen LogP contribution < -0.4 is 10.6 Å². The molecule has 172 valence electrons. The van der Waals surface area contributed by atoms with Crippen LogP contribution in [0.4, 0.5) is 0 Å². The number of aromatic nitrogens is 3. The van der Waals surface area contributed by atoms with Gasteiger partial charge in [0.2, 0.25) is 5.91 Å². The second kappa shape index (κ2) is 11.7. The van der Waals surface area contributed by atoms with Crippen molar-refractivity contribution in [3.05, 3.63) is 52.3 Å². The highest BCUT2D eigenvalue weighted by Gasteiger charge is 2.23. The Morgan fingerprint density at radius 1 is 1.25 bits per heavy atom. The number of thioether (sulfide) groups is 1. The Kier molecular flexibility index (Phi) is 9.02. The third-order valence-corrected chi connectivity index (χ3v) is 7.19. The van der Waals surface area contributed by atoms with Crippen molar-refractivity contribution in [3.8, 4) is 0 Å². The van der Waals surface area contributed by atoms with E-state index >= 15 is 0 Å². The van der Waals surface area contributed by atoms with Gasteiger partial charge in [0.25, 0.3) is 5.91 Å². The van der Waals surface area contributed by atoms with Crippen LogP contribution in [-0.4, -0.2) is 38.4 Å². The fourth-order valence-corrected chi connectivity index (χ4v) is 4.75. The lowest BCUT2D eigenvalue weighted by atomic mass is 9.86. The molecule has 0 spiro atoms. The molecule has 2 amide bonds. The zero-order valence-electron chi connectivity index (χ0n) is 17.9. The standard InChI is InChI=1S/C22H27Cl2N5O2S/c1-3-10-29-19(12-25-21(31)15-8-9-16(23)17(24)11-15)27-28-22(29)32-13-20(30)26-18-7-5-4-6-14(18)2/h3,8-9,11,14,18H,1,4-7,10,12-13H2,2H3,(H,25,31)(H,26,30)/t14-,18+/m0/s1. The number of nitrogens with zero attached hydrogens (tertiary/aromatic N) is 3. The molecule has 2 atom stereocenters. The van der Waals surface area contributed by atoms with E-state index in [1.807, 2.05) is 4.57 Å². The summed E-state index contributed by atoms with van der Waals surface area (Å²) in [5, 5.41) is 15.7. The quantitative estimate of drug-likeness (QED) is 0.395. The largest absolute Gasteiger partial charge is 0.352 e. The molecule has 1 fully saturated rings. The fourth-order valence-electron chi connectivity index (χ4n) is 3.68. The number of nitrogens with one attached hydrogen (secondary N) is 2. The van der Waals surface area contributed by atoms with Crippen LogP contribution in [0.1, 0.15) is 48.8 Å². The monoisotopic (exact) mass is 495 g/mol. The SMILES string of the molecule is C=CCn1c(CNC(=O)c2ccc(Cl)c(Cl)c2)nnc1SCC(=O)N[C@@H]1CCCC[C@@H]1C. The Hall–Kier alpha value is -2.03. The van der Waals surface area contributed by atoms with Gasteiger partial charge in [-0.2, -0.15) is 0 Å². The summed E-state index contributed by atoms with van der Waals surface area (Å²) >= 11 is 13.2. The van der Waals surface area contributed by atoms with Crippen LogP contribution in [0.25, 0.3) is 0 Å². The molecule has 1 saturated carbocycles. The molecule has 2 N–H and O–H groups in total. The van der Waals surface area contributed by atoms with Crippen molar-refractivity contribution in [2.75, 3.05) is 5.75 Å². The summed E-state index contributed by atoms with van der Waals surface area (Å²) in [7, 11) is 0. The van der Waals surface area contributed by atoms with Gasteiger partial charge in [0.15, 0.2) is 11.0 Å². The first kappa shape index (κ1) is 24.6. The molecule has 10 heteroatoms. The van der Waals surface area contributed by atoms with Crippen LogP contribution in [0.5, 0.6) is 0 Å². The second-order valence-electron chi connectivity index (χ2n) is 7.83. The molecule has 0 bridgehead atoms. The summed E-state index contributed by atoms with van der Waals surface area (Å²) in [5.74, 6) is 1.03. The molecule has 1 aromatic heterocycles. The van der Waals surface area contributed by atoms with Gasteiger partial charge in [-0.3, -0.25) is 9.59 Å². The second-order valence-corrected chi connectivity index (χ2v) is 9.59. The zero-order valence-corrected chi connectivity index (χ0v) is 20.3. The van der Waals surface area contributed by atoms with E-state index in [-0.39, 0.29) is 30.2 Å². The predicted molar refractivity (Wildman–Crippen MR) is 128 cm³/mol. The highest BCUT2D eigenvalue weighted by Crippen LogP contribution is 2.25. The normalized spacial score (nSPS) is 18.2. The van der Waals surface area contributed by atoms with Gasteiger partial charge in [0, 0.05) is 18.2 Å². The summed E-state index contributed by atoms with van der Waals surface area (Å²) < 4.78 is 1.84. The maximum absolute atomic E-state index is 12.4.